The molecule has 0 aliphatic carbocycles. The van der Waals surface area contributed by atoms with E-state index >= 15 is 0 Å². The molecule has 0 bridgehead atoms. The second kappa shape index (κ2) is 6.91. The van der Waals surface area contributed by atoms with Crippen molar-refractivity contribution in [1.82, 2.24) is 15.2 Å². The van der Waals surface area contributed by atoms with Crippen LogP contribution >= 0.6 is 11.3 Å². The summed E-state index contributed by atoms with van der Waals surface area (Å²) in [5.74, 6) is -0.0338. The number of amides is 2. The fourth-order valence-corrected chi connectivity index (χ4v) is 3.54. The minimum absolute atomic E-state index is 0.0125. The lowest BCUT2D eigenvalue weighted by Crippen LogP contribution is -2.49. The average Bonchev–Trinajstić information content (AvgIpc) is 3.08. The van der Waals surface area contributed by atoms with Crippen LogP contribution < -0.4 is 5.32 Å². The van der Waals surface area contributed by atoms with Crippen LogP contribution in [0.3, 0.4) is 0 Å². The Morgan fingerprint density at radius 3 is 3.00 bits per heavy atom. The van der Waals surface area contributed by atoms with Crippen LogP contribution in [0.2, 0.25) is 0 Å². The minimum Gasteiger partial charge on any atom is -0.352 e. The molecule has 0 unspecified atom stereocenters. The quantitative estimate of drug-likeness (QED) is 0.941. The smallest absolute Gasteiger partial charge is 0.253 e. The van der Waals surface area contributed by atoms with E-state index in [1.54, 1.807) is 17.5 Å². The Labute approximate surface area is 139 Å². The third kappa shape index (κ3) is 3.76. The summed E-state index contributed by atoms with van der Waals surface area (Å²) in [6, 6.07) is 7.63. The number of thiazole rings is 1. The Morgan fingerprint density at radius 1 is 1.39 bits per heavy atom. The first-order chi connectivity index (χ1) is 11.1. The number of likely N-dealkylation sites (tertiary alicyclic amines) is 1. The molecule has 0 spiro atoms. The number of nitrogens with one attached hydrogen (secondary N) is 1. The number of carbonyl (C=O) groups excluding carboxylic acids is 2. The van der Waals surface area contributed by atoms with Crippen LogP contribution in [-0.2, 0) is 4.79 Å². The molecular formula is C17H19N3O2S. The molecule has 1 aliphatic rings. The fraction of sp³-hybridized carbons (Fsp3) is 0.353. The first-order valence-electron chi connectivity index (χ1n) is 7.70. The van der Waals surface area contributed by atoms with E-state index in [9.17, 15) is 9.59 Å². The monoisotopic (exact) mass is 329 g/mol. The molecule has 2 aromatic rings. The average molecular weight is 329 g/mol. The molecule has 5 nitrogen and oxygen atoms in total. The van der Waals surface area contributed by atoms with Crippen LogP contribution in [0, 0.1) is 0 Å². The number of piperidine rings is 1. The summed E-state index contributed by atoms with van der Waals surface area (Å²) in [4.78, 5) is 30.1. The molecule has 1 aromatic heterocycles. The molecule has 2 amide bonds. The SMILES string of the molecule is CC(=O)N[C@@H]1CCCN(C(=O)c2cccc(-c3nccs3)c2)C1. The molecule has 1 atom stereocenters. The van der Waals surface area contributed by atoms with Gasteiger partial charge in [-0.25, -0.2) is 4.98 Å². The van der Waals surface area contributed by atoms with Gasteiger partial charge in [0.2, 0.25) is 5.91 Å². The van der Waals surface area contributed by atoms with Crippen molar-refractivity contribution in [3.63, 3.8) is 0 Å². The fourth-order valence-electron chi connectivity index (χ4n) is 2.90. The summed E-state index contributed by atoms with van der Waals surface area (Å²) in [6.07, 6.45) is 3.59. The molecule has 0 saturated carbocycles. The number of benzene rings is 1. The number of rotatable bonds is 3. The Bertz CT molecular complexity index is 700. The highest BCUT2D eigenvalue weighted by Crippen LogP contribution is 2.23. The van der Waals surface area contributed by atoms with Crippen molar-refractivity contribution in [1.29, 1.82) is 0 Å². The van der Waals surface area contributed by atoms with Crippen molar-refractivity contribution >= 4 is 23.2 Å². The maximum Gasteiger partial charge on any atom is 0.253 e. The van der Waals surface area contributed by atoms with Crippen LogP contribution in [0.1, 0.15) is 30.1 Å². The standard InChI is InChI=1S/C17H19N3O2S/c1-12(21)19-15-6-3-8-20(11-15)17(22)14-5-2-4-13(10-14)16-18-7-9-23-16/h2,4-5,7,9-10,15H,3,6,8,11H2,1H3,(H,19,21)/t15-/m1/s1. The maximum atomic E-state index is 12.7. The third-order valence-electron chi connectivity index (χ3n) is 3.90. The molecule has 0 radical (unpaired) electrons. The number of hydrogen-bond donors (Lipinski definition) is 1. The van der Waals surface area contributed by atoms with E-state index in [1.165, 1.54) is 6.92 Å². The molecular weight excluding hydrogens is 310 g/mol. The number of nitrogens with zero attached hydrogens (tertiary/aromatic N) is 2. The zero-order valence-electron chi connectivity index (χ0n) is 13.0. The second-order valence-corrected chi connectivity index (χ2v) is 6.60. The van der Waals surface area contributed by atoms with Gasteiger partial charge in [-0.15, -0.1) is 11.3 Å². The molecule has 6 heteroatoms. The largest absolute Gasteiger partial charge is 0.352 e. The molecule has 1 saturated heterocycles. The van der Waals surface area contributed by atoms with E-state index < -0.39 is 0 Å². The Morgan fingerprint density at radius 2 is 2.26 bits per heavy atom. The van der Waals surface area contributed by atoms with E-state index in [0.29, 0.717) is 12.1 Å². The van der Waals surface area contributed by atoms with Gasteiger partial charge >= 0.3 is 0 Å². The van der Waals surface area contributed by atoms with E-state index in [1.807, 2.05) is 34.5 Å². The zero-order valence-corrected chi connectivity index (χ0v) is 13.8. The predicted octanol–water partition coefficient (Wildman–Crippen LogP) is 2.55. The highest BCUT2D eigenvalue weighted by atomic mass is 32.1. The van der Waals surface area contributed by atoms with Gasteiger partial charge in [-0.1, -0.05) is 12.1 Å². The molecule has 1 aromatic carbocycles. The summed E-state index contributed by atoms with van der Waals surface area (Å²) in [5, 5.41) is 5.75. The molecule has 1 N–H and O–H groups in total. The van der Waals surface area contributed by atoms with Gasteiger partial charge in [0.15, 0.2) is 0 Å². The zero-order chi connectivity index (χ0) is 16.2. The van der Waals surface area contributed by atoms with Crippen molar-refractivity contribution in [2.75, 3.05) is 13.1 Å². The van der Waals surface area contributed by atoms with Crippen molar-refractivity contribution < 1.29 is 9.59 Å². The Balaban J connectivity index is 1.75. The van der Waals surface area contributed by atoms with Gasteiger partial charge in [0.05, 0.1) is 0 Å². The van der Waals surface area contributed by atoms with Gasteiger partial charge in [0.1, 0.15) is 5.01 Å². The van der Waals surface area contributed by atoms with Crippen molar-refractivity contribution in [3.8, 4) is 10.6 Å². The van der Waals surface area contributed by atoms with E-state index in [0.717, 1.165) is 30.0 Å². The van der Waals surface area contributed by atoms with Crippen LogP contribution in [-0.4, -0.2) is 40.8 Å². The van der Waals surface area contributed by atoms with Gasteiger partial charge in [-0.05, 0) is 25.0 Å². The lowest BCUT2D eigenvalue weighted by molar-refractivity contribution is -0.120. The van der Waals surface area contributed by atoms with Crippen LogP contribution in [0.25, 0.3) is 10.6 Å². The first-order valence-corrected chi connectivity index (χ1v) is 8.58. The van der Waals surface area contributed by atoms with Crippen molar-refractivity contribution in [2.24, 2.45) is 0 Å². The van der Waals surface area contributed by atoms with Gasteiger partial charge < -0.3 is 10.2 Å². The van der Waals surface area contributed by atoms with Crippen LogP contribution in [0.15, 0.2) is 35.8 Å². The van der Waals surface area contributed by atoms with Crippen molar-refractivity contribution in [2.45, 2.75) is 25.8 Å². The summed E-state index contributed by atoms with van der Waals surface area (Å²) < 4.78 is 0. The lowest BCUT2D eigenvalue weighted by Gasteiger charge is -2.33. The first kappa shape index (κ1) is 15.7. The van der Waals surface area contributed by atoms with Crippen molar-refractivity contribution in [3.05, 3.63) is 41.4 Å². The van der Waals surface area contributed by atoms with Gasteiger partial charge in [-0.3, -0.25) is 9.59 Å². The van der Waals surface area contributed by atoms with Gasteiger partial charge in [0.25, 0.3) is 5.91 Å². The van der Waals surface area contributed by atoms with E-state index in [-0.39, 0.29) is 17.9 Å². The number of aromatic nitrogens is 1. The normalized spacial score (nSPS) is 17.8. The van der Waals surface area contributed by atoms with Crippen LogP contribution in [0.5, 0.6) is 0 Å². The lowest BCUT2D eigenvalue weighted by atomic mass is 10.0. The number of hydrogen-bond acceptors (Lipinski definition) is 4. The minimum atomic E-state index is -0.0462. The molecule has 23 heavy (non-hydrogen) atoms. The number of carbonyl (C=O) groups is 2. The third-order valence-corrected chi connectivity index (χ3v) is 4.73. The summed E-state index contributed by atoms with van der Waals surface area (Å²) in [7, 11) is 0. The highest BCUT2D eigenvalue weighted by Gasteiger charge is 2.25. The summed E-state index contributed by atoms with van der Waals surface area (Å²) in [5.41, 5.74) is 1.63. The van der Waals surface area contributed by atoms with Gasteiger partial charge in [-0.2, -0.15) is 0 Å². The molecule has 1 aliphatic heterocycles. The predicted molar refractivity (Wildman–Crippen MR) is 90.3 cm³/mol. The Kier molecular flexibility index (Phi) is 4.71. The van der Waals surface area contributed by atoms with E-state index in [4.69, 9.17) is 0 Å². The summed E-state index contributed by atoms with van der Waals surface area (Å²) in [6.45, 7) is 2.81. The molecule has 1 fully saturated rings. The topological polar surface area (TPSA) is 62.3 Å². The van der Waals surface area contributed by atoms with E-state index in [2.05, 4.69) is 10.3 Å². The highest BCUT2D eigenvalue weighted by molar-refractivity contribution is 7.13. The molecule has 3 rings (SSSR count). The van der Waals surface area contributed by atoms with Crippen LogP contribution in [0.4, 0.5) is 0 Å². The molecule has 120 valence electrons. The van der Waals surface area contributed by atoms with Gasteiger partial charge in [0, 0.05) is 48.8 Å². The maximum absolute atomic E-state index is 12.7. The second-order valence-electron chi connectivity index (χ2n) is 5.71. The molecule has 2 heterocycles. The summed E-state index contributed by atoms with van der Waals surface area (Å²) >= 11 is 1.56. The Hall–Kier alpha value is -2.21.